The van der Waals surface area contributed by atoms with Crippen molar-refractivity contribution in [2.45, 2.75) is 34.1 Å². The normalized spacial score (nSPS) is 10.1. The molecule has 0 atom stereocenters. The van der Waals surface area contributed by atoms with Crippen molar-refractivity contribution in [2.75, 3.05) is 0 Å². The van der Waals surface area contributed by atoms with Crippen LogP contribution in [0.15, 0.2) is 49.6 Å². The van der Waals surface area contributed by atoms with E-state index < -0.39 is 0 Å². The average molecular weight is 361 g/mol. The highest BCUT2D eigenvalue weighted by atomic mass is 16.3. The summed E-state index contributed by atoms with van der Waals surface area (Å²) in [4.78, 5) is 0. The Balaban J connectivity index is 0.000000817. The summed E-state index contributed by atoms with van der Waals surface area (Å²) in [5.41, 5.74) is 4.52. The first-order valence-corrected chi connectivity index (χ1v) is 9.08. The molecule has 0 bridgehead atoms. The van der Waals surface area contributed by atoms with Crippen LogP contribution in [0.2, 0.25) is 0 Å². The standard InChI is InChI=1S/C20H19N3O.C3H8/c1-5-15-8-7-9-18(16(15)6-2)23-14(4)21-22-20(23)17-12-13(3)10-11-19(17)24;1-3-2/h5-12,24H,1-2H2,3-4H3;3H2,1-2H3. The van der Waals surface area contributed by atoms with Crippen LogP contribution >= 0.6 is 0 Å². The number of hydrogen-bond acceptors (Lipinski definition) is 3. The van der Waals surface area contributed by atoms with E-state index in [0.717, 1.165) is 28.2 Å². The predicted octanol–water partition coefficient (Wildman–Crippen LogP) is 5.96. The van der Waals surface area contributed by atoms with Gasteiger partial charge in [0.2, 0.25) is 0 Å². The fraction of sp³-hybridized carbons (Fsp3) is 0.217. The van der Waals surface area contributed by atoms with Gasteiger partial charge in [0.15, 0.2) is 5.82 Å². The Kier molecular flexibility index (Phi) is 6.72. The maximum Gasteiger partial charge on any atom is 0.172 e. The molecule has 140 valence electrons. The van der Waals surface area contributed by atoms with Gasteiger partial charge in [-0.1, -0.05) is 69.3 Å². The summed E-state index contributed by atoms with van der Waals surface area (Å²) < 4.78 is 1.93. The van der Waals surface area contributed by atoms with Gasteiger partial charge in [-0.15, -0.1) is 10.2 Å². The van der Waals surface area contributed by atoms with Crippen molar-refractivity contribution in [2.24, 2.45) is 0 Å². The molecule has 1 aromatic heterocycles. The van der Waals surface area contributed by atoms with Crippen LogP contribution in [0.4, 0.5) is 0 Å². The minimum Gasteiger partial charge on any atom is -0.507 e. The summed E-state index contributed by atoms with van der Waals surface area (Å²) in [5, 5.41) is 18.8. The summed E-state index contributed by atoms with van der Waals surface area (Å²) in [7, 11) is 0. The summed E-state index contributed by atoms with van der Waals surface area (Å²) in [5.74, 6) is 1.50. The molecule has 0 saturated carbocycles. The van der Waals surface area contributed by atoms with Gasteiger partial charge >= 0.3 is 0 Å². The molecule has 0 radical (unpaired) electrons. The Morgan fingerprint density at radius 3 is 2.37 bits per heavy atom. The second kappa shape index (κ2) is 8.99. The molecule has 1 heterocycles. The molecule has 0 amide bonds. The van der Waals surface area contributed by atoms with E-state index in [4.69, 9.17) is 0 Å². The largest absolute Gasteiger partial charge is 0.507 e. The van der Waals surface area contributed by atoms with E-state index >= 15 is 0 Å². The number of rotatable bonds is 4. The van der Waals surface area contributed by atoms with E-state index in [-0.39, 0.29) is 5.75 Å². The number of phenols is 1. The van der Waals surface area contributed by atoms with Crippen LogP contribution in [0.1, 0.15) is 42.8 Å². The van der Waals surface area contributed by atoms with Gasteiger partial charge in [-0.05, 0) is 37.6 Å². The second-order valence-electron chi connectivity index (χ2n) is 6.32. The van der Waals surface area contributed by atoms with Crippen LogP contribution < -0.4 is 0 Å². The monoisotopic (exact) mass is 361 g/mol. The lowest BCUT2D eigenvalue weighted by molar-refractivity contribution is 0.476. The molecule has 2 aromatic carbocycles. The zero-order valence-electron chi connectivity index (χ0n) is 16.5. The van der Waals surface area contributed by atoms with Crippen LogP contribution in [-0.2, 0) is 0 Å². The van der Waals surface area contributed by atoms with Gasteiger partial charge in [0.25, 0.3) is 0 Å². The van der Waals surface area contributed by atoms with E-state index in [0.29, 0.717) is 11.4 Å². The first kappa shape index (κ1) is 20.2. The van der Waals surface area contributed by atoms with Crippen molar-refractivity contribution in [1.82, 2.24) is 14.8 Å². The molecule has 0 aliphatic heterocycles. The number of benzene rings is 2. The molecule has 3 aromatic rings. The minimum atomic E-state index is 0.175. The Morgan fingerprint density at radius 2 is 1.74 bits per heavy atom. The summed E-state index contributed by atoms with van der Waals surface area (Å²) in [6.07, 6.45) is 4.84. The quantitative estimate of drug-likeness (QED) is 0.624. The highest BCUT2D eigenvalue weighted by molar-refractivity contribution is 5.74. The molecule has 27 heavy (non-hydrogen) atoms. The molecule has 0 unspecified atom stereocenters. The Morgan fingerprint density at radius 1 is 1.04 bits per heavy atom. The molecule has 1 N–H and O–H groups in total. The number of phenolic OH excluding ortho intramolecular Hbond substituents is 1. The fourth-order valence-electron chi connectivity index (χ4n) is 2.82. The van der Waals surface area contributed by atoms with Gasteiger partial charge in [-0.3, -0.25) is 4.57 Å². The number of nitrogens with zero attached hydrogens (tertiary/aromatic N) is 3. The number of aryl methyl sites for hydroxylation is 2. The third kappa shape index (κ3) is 4.17. The lowest BCUT2D eigenvalue weighted by atomic mass is 10.0. The van der Waals surface area contributed by atoms with Crippen molar-refractivity contribution in [3.05, 3.63) is 72.1 Å². The maximum absolute atomic E-state index is 10.3. The Hall–Kier alpha value is -3.14. The minimum absolute atomic E-state index is 0.175. The van der Waals surface area contributed by atoms with Crippen molar-refractivity contribution in [3.63, 3.8) is 0 Å². The molecule has 3 rings (SSSR count). The first-order chi connectivity index (χ1) is 13.0. The molecule has 0 spiro atoms. The Labute approximate surface area is 161 Å². The molecule has 0 aliphatic rings. The number of aromatic nitrogens is 3. The summed E-state index contributed by atoms with van der Waals surface area (Å²) >= 11 is 0. The van der Waals surface area contributed by atoms with Crippen molar-refractivity contribution < 1.29 is 5.11 Å². The highest BCUT2D eigenvalue weighted by Crippen LogP contribution is 2.32. The summed E-state index contributed by atoms with van der Waals surface area (Å²) in [6, 6.07) is 11.4. The molecule has 0 saturated heterocycles. The van der Waals surface area contributed by atoms with E-state index in [2.05, 4.69) is 37.2 Å². The maximum atomic E-state index is 10.3. The van der Waals surface area contributed by atoms with Gasteiger partial charge in [-0.2, -0.15) is 0 Å². The van der Waals surface area contributed by atoms with Crippen molar-refractivity contribution in [3.8, 4) is 22.8 Å². The topological polar surface area (TPSA) is 50.9 Å². The second-order valence-corrected chi connectivity index (χ2v) is 6.32. The zero-order valence-corrected chi connectivity index (χ0v) is 16.5. The Bertz CT molecular complexity index is 954. The fourth-order valence-corrected chi connectivity index (χ4v) is 2.82. The van der Waals surface area contributed by atoms with E-state index in [9.17, 15) is 5.11 Å². The number of aromatic hydroxyl groups is 1. The SMILES string of the molecule is C=Cc1cccc(-n2c(C)nnc2-c2cc(C)ccc2O)c1C=C.CCC. The smallest absolute Gasteiger partial charge is 0.172 e. The van der Waals surface area contributed by atoms with Gasteiger partial charge in [-0.25, -0.2) is 0 Å². The van der Waals surface area contributed by atoms with Crippen LogP contribution in [0, 0.1) is 13.8 Å². The van der Waals surface area contributed by atoms with Crippen LogP contribution in [-0.4, -0.2) is 19.9 Å². The molecular weight excluding hydrogens is 334 g/mol. The first-order valence-electron chi connectivity index (χ1n) is 9.08. The zero-order chi connectivity index (χ0) is 20.0. The predicted molar refractivity (Wildman–Crippen MR) is 114 cm³/mol. The molecule has 4 nitrogen and oxygen atoms in total. The van der Waals surface area contributed by atoms with E-state index in [1.54, 1.807) is 18.2 Å². The van der Waals surface area contributed by atoms with Gasteiger partial charge in [0, 0.05) is 5.56 Å². The van der Waals surface area contributed by atoms with E-state index in [1.807, 2.05) is 48.7 Å². The van der Waals surface area contributed by atoms with Gasteiger partial charge < -0.3 is 5.11 Å². The van der Waals surface area contributed by atoms with Crippen molar-refractivity contribution >= 4 is 12.2 Å². The molecule has 0 fully saturated rings. The van der Waals surface area contributed by atoms with E-state index in [1.165, 1.54) is 6.42 Å². The molecular formula is C23H27N3O. The van der Waals surface area contributed by atoms with Gasteiger partial charge in [0.05, 0.1) is 11.3 Å². The van der Waals surface area contributed by atoms with Crippen molar-refractivity contribution in [1.29, 1.82) is 0 Å². The third-order valence-corrected chi connectivity index (χ3v) is 4.00. The molecule has 0 aliphatic carbocycles. The average Bonchev–Trinajstić information content (AvgIpc) is 3.04. The number of hydrogen-bond donors (Lipinski definition) is 1. The highest BCUT2D eigenvalue weighted by Gasteiger charge is 2.18. The third-order valence-electron chi connectivity index (χ3n) is 4.00. The van der Waals surface area contributed by atoms with Gasteiger partial charge in [0.1, 0.15) is 11.6 Å². The van der Waals surface area contributed by atoms with Crippen LogP contribution in [0.25, 0.3) is 29.2 Å². The van der Waals surface area contributed by atoms with Crippen LogP contribution in [0.5, 0.6) is 5.75 Å². The summed E-state index contributed by atoms with van der Waals surface area (Å²) in [6.45, 7) is 15.9. The molecule has 4 heteroatoms. The van der Waals surface area contributed by atoms with Crippen LogP contribution in [0.3, 0.4) is 0 Å². The lowest BCUT2D eigenvalue weighted by Gasteiger charge is -2.14. The lowest BCUT2D eigenvalue weighted by Crippen LogP contribution is -2.03.